The number of nitrogens with two attached hydrogens (primary N) is 1. The Morgan fingerprint density at radius 1 is 1.44 bits per heavy atom. The van der Waals surface area contributed by atoms with Crippen molar-refractivity contribution < 1.29 is 4.79 Å². The van der Waals surface area contributed by atoms with Crippen molar-refractivity contribution in [3.63, 3.8) is 0 Å². The van der Waals surface area contributed by atoms with Gasteiger partial charge in [0.1, 0.15) is 0 Å². The molecule has 0 saturated carbocycles. The molecule has 1 saturated heterocycles. The van der Waals surface area contributed by atoms with Gasteiger partial charge in [-0.25, -0.2) is 0 Å². The van der Waals surface area contributed by atoms with Gasteiger partial charge in [-0.3, -0.25) is 4.79 Å². The summed E-state index contributed by atoms with van der Waals surface area (Å²) in [5.74, 6) is 0.0981. The summed E-state index contributed by atoms with van der Waals surface area (Å²) < 4.78 is 0. The van der Waals surface area contributed by atoms with E-state index in [0.29, 0.717) is 19.5 Å². The van der Waals surface area contributed by atoms with Crippen molar-refractivity contribution in [2.75, 3.05) is 46.3 Å². The van der Waals surface area contributed by atoms with Gasteiger partial charge in [0.2, 0.25) is 5.91 Å². The van der Waals surface area contributed by atoms with Crippen LogP contribution in [0, 0.1) is 0 Å². The van der Waals surface area contributed by atoms with E-state index in [1.165, 1.54) is 25.9 Å². The maximum atomic E-state index is 11.6. The molecule has 0 aromatic heterocycles. The smallest absolute Gasteiger partial charge is 0.221 e. The first kappa shape index (κ1) is 15.4. The monoisotopic (exact) mass is 256 g/mol. The highest BCUT2D eigenvalue weighted by Crippen LogP contribution is 2.07. The summed E-state index contributed by atoms with van der Waals surface area (Å²) in [6, 6.07) is 0.152. The summed E-state index contributed by atoms with van der Waals surface area (Å²) >= 11 is 0. The van der Waals surface area contributed by atoms with Gasteiger partial charge in [0, 0.05) is 38.6 Å². The first-order valence-corrected chi connectivity index (χ1v) is 7.06. The van der Waals surface area contributed by atoms with Crippen LogP contribution in [0.2, 0.25) is 0 Å². The molecule has 1 heterocycles. The number of carbonyl (C=O) groups is 1. The Morgan fingerprint density at radius 3 is 2.67 bits per heavy atom. The Hall–Kier alpha value is -0.650. The molecule has 0 spiro atoms. The minimum absolute atomic E-state index is 0.0981. The largest absolute Gasteiger partial charge is 0.356 e. The Morgan fingerprint density at radius 2 is 2.11 bits per heavy atom. The lowest BCUT2D eigenvalue weighted by molar-refractivity contribution is -0.122. The van der Waals surface area contributed by atoms with Crippen molar-refractivity contribution in [3.05, 3.63) is 0 Å². The molecule has 1 aliphatic heterocycles. The van der Waals surface area contributed by atoms with Gasteiger partial charge in [0.15, 0.2) is 0 Å². The van der Waals surface area contributed by atoms with Gasteiger partial charge in [-0.2, -0.15) is 0 Å². The lowest BCUT2D eigenvalue weighted by Crippen LogP contribution is -2.44. The topological polar surface area (TPSA) is 61.6 Å². The number of hydrogen-bond donors (Lipinski definition) is 2. The van der Waals surface area contributed by atoms with E-state index >= 15 is 0 Å². The first-order valence-electron chi connectivity index (χ1n) is 7.06. The fraction of sp³-hybridized carbons (Fsp3) is 0.923. The van der Waals surface area contributed by atoms with Gasteiger partial charge < -0.3 is 20.9 Å². The van der Waals surface area contributed by atoms with Crippen LogP contribution < -0.4 is 11.1 Å². The van der Waals surface area contributed by atoms with E-state index in [-0.39, 0.29) is 11.9 Å². The summed E-state index contributed by atoms with van der Waals surface area (Å²) in [5, 5.41) is 2.83. The SMILES string of the molecule is CCNC(=O)CC(CN)N(C)CCN1CCCC1. The molecule has 0 aromatic rings. The van der Waals surface area contributed by atoms with Crippen molar-refractivity contribution >= 4 is 5.91 Å². The van der Waals surface area contributed by atoms with E-state index < -0.39 is 0 Å². The highest BCUT2D eigenvalue weighted by atomic mass is 16.1. The molecule has 1 fully saturated rings. The van der Waals surface area contributed by atoms with Crippen LogP contribution >= 0.6 is 0 Å². The highest BCUT2D eigenvalue weighted by Gasteiger charge is 2.18. The van der Waals surface area contributed by atoms with Crippen LogP contribution in [0.15, 0.2) is 0 Å². The number of likely N-dealkylation sites (tertiary alicyclic amines) is 1. The number of nitrogens with zero attached hydrogens (tertiary/aromatic N) is 2. The van der Waals surface area contributed by atoms with Crippen LogP contribution in [-0.2, 0) is 4.79 Å². The molecule has 18 heavy (non-hydrogen) atoms. The summed E-state index contributed by atoms with van der Waals surface area (Å²) in [6.45, 7) is 7.67. The molecular formula is C13H28N4O. The number of hydrogen-bond acceptors (Lipinski definition) is 4. The number of rotatable bonds is 8. The van der Waals surface area contributed by atoms with E-state index in [2.05, 4.69) is 22.2 Å². The third-order valence-corrected chi connectivity index (χ3v) is 3.66. The van der Waals surface area contributed by atoms with Gasteiger partial charge in [-0.15, -0.1) is 0 Å². The van der Waals surface area contributed by atoms with E-state index in [1.807, 2.05) is 6.92 Å². The van der Waals surface area contributed by atoms with Crippen LogP contribution in [0.4, 0.5) is 0 Å². The fourth-order valence-corrected chi connectivity index (χ4v) is 2.39. The fourth-order valence-electron chi connectivity index (χ4n) is 2.39. The van der Waals surface area contributed by atoms with Crippen molar-refractivity contribution in [2.45, 2.75) is 32.2 Å². The van der Waals surface area contributed by atoms with Crippen LogP contribution in [0.25, 0.3) is 0 Å². The summed E-state index contributed by atoms with van der Waals surface area (Å²) in [4.78, 5) is 16.3. The van der Waals surface area contributed by atoms with Gasteiger partial charge in [0.25, 0.3) is 0 Å². The summed E-state index contributed by atoms with van der Waals surface area (Å²) in [7, 11) is 2.06. The molecule has 5 nitrogen and oxygen atoms in total. The van der Waals surface area contributed by atoms with E-state index in [1.54, 1.807) is 0 Å². The number of amides is 1. The van der Waals surface area contributed by atoms with Crippen LogP contribution in [0.5, 0.6) is 0 Å². The molecule has 1 amide bonds. The zero-order valence-electron chi connectivity index (χ0n) is 11.8. The molecule has 1 atom stereocenters. The minimum Gasteiger partial charge on any atom is -0.356 e. The number of carbonyl (C=O) groups excluding carboxylic acids is 1. The molecule has 0 bridgehead atoms. The average Bonchev–Trinajstić information content (AvgIpc) is 2.86. The maximum Gasteiger partial charge on any atom is 0.221 e. The molecule has 106 valence electrons. The molecule has 1 aliphatic rings. The second-order valence-corrected chi connectivity index (χ2v) is 5.08. The predicted molar refractivity (Wildman–Crippen MR) is 74.4 cm³/mol. The van der Waals surface area contributed by atoms with Crippen molar-refractivity contribution in [1.29, 1.82) is 0 Å². The molecule has 3 N–H and O–H groups in total. The van der Waals surface area contributed by atoms with Gasteiger partial charge in [-0.1, -0.05) is 0 Å². The lowest BCUT2D eigenvalue weighted by atomic mass is 10.1. The summed E-state index contributed by atoms with van der Waals surface area (Å²) in [6.07, 6.45) is 3.15. The number of likely N-dealkylation sites (N-methyl/N-ethyl adjacent to an activating group) is 1. The average molecular weight is 256 g/mol. The third kappa shape index (κ3) is 5.33. The lowest BCUT2D eigenvalue weighted by Gasteiger charge is -2.28. The highest BCUT2D eigenvalue weighted by molar-refractivity contribution is 5.76. The Bertz CT molecular complexity index is 241. The molecule has 1 rings (SSSR count). The van der Waals surface area contributed by atoms with Crippen LogP contribution in [-0.4, -0.2) is 68.1 Å². The quantitative estimate of drug-likeness (QED) is 0.635. The Kier molecular flexibility index (Phi) is 7.23. The van der Waals surface area contributed by atoms with Gasteiger partial charge in [-0.05, 0) is 39.9 Å². The van der Waals surface area contributed by atoms with Crippen LogP contribution in [0.1, 0.15) is 26.2 Å². The summed E-state index contributed by atoms with van der Waals surface area (Å²) in [5.41, 5.74) is 5.77. The maximum absolute atomic E-state index is 11.6. The third-order valence-electron chi connectivity index (χ3n) is 3.66. The normalized spacial score (nSPS) is 18.2. The van der Waals surface area contributed by atoms with Crippen molar-refractivity contribution in [3.8, 4) is 0 Å². The van der Waals surface area contributed by atoms with E-state index in [9.17, 15) is 4.79 Å². The minimum atomic E-state index is 0.0981. The molecule has 0 radical (unpaired) electrons. The van der Waals surface area contributed by atoms with Gasteiger partial charge in [0.05, 0.1) is 0 Å². The first-order chi connectivity index (χ1) is 8.67. The molecule has 0 aliphatic carbocycles. The Balaban J connectivity index is 2.26. The van der Waals surface area contributed by atoms with Crippen molar-refractivity contribution in [2.24, 2.45) is 5.73 Å². The van der Waals surface area contributed by atoms with Crippen molar-refractivity contribution in [1.82, 2.24) is 15.1 Å². The zero-order valence-corrected chi connectivity index (χ0v) is 11.8. The number of nitrogens with one attached hydrogen (secondary N) is 1. The van der Waals surface area contributed by atoms with Crippen LogP contribution in [0.3, 0.4) is 0 Å². The molecule has 0 aromatic carbocycles. The predicted octanol–water partition coefficient (Wildman–Crippen LogP) is -0.132. The molecular weight excluding hydrogens is 228 g/mol. The second-order valence-electron chi connectivity index (χ2n) is 5.08. The molecule has 1 unspecified atom stereocenters. The standard InChI is InChI=1S/C13H28N4O/c1-3-15-13(18)10-12(11-14)16(2)8-9-17-6-4-5-7-17/h12H,3-11,14H2,1-2H3,(H,15,18). The van der Waals surface area contributed by atoms with E-state index in [4.69, 9.17) is 5.73 Å². The second kappa shape index (κ2) is 8.45. The van der Waals surface area contributed by atoms with Gasteiger partial charge >= 0.3 is 0 Å². The van der Waals surface area contributed by atoms with E-state index in [0.717, 1.165) is 13.1 Å². The Labute approximate surface area is 111 Å². The zero-order chi connectivity index (χ0) is 13.4. The molecule has 5 heteroatoms.